The number of carbonyl (C=O) groups excluding carboxylic acids is 1. The third-order valence-corrected chi connectivity index (χ3v) is 6.68. The number of amides is 2. The summed E-state index contributed by atoms with van der Waals surface area (Å²) in [5, 5.41) is 9.26. The van der Waals surface area contributed by atoms with Crippen molar-refractivity contribution in [2.75, 3.05) is 46.9 Å². The number of nitrogens with one attached hydrogen (secondary N) is 3. The Kier molecular flexibility index (Phi) is 10.1. The number of benzene rings is 1. The number of urea groups is 1. The van der Waals surface area contributed by atoms with Crippen molar-refractivity contribution in [1.82, 2.24) is 20.9 Å². The smallest absolute Gasteiger partial charge is 0.320 e. The first-order valence-electron chi connectivity index (χ1n) is 13.7. The third-order valence-electron chi connectivity index (χ3n) is 6.68. The Morgan fingerprint density at radius 3 is 2.31 bits per heavy atom. The highest BCUT2D eigenvalue weighted by molar-refractivity contribution is 6.32. The van der Waals surface area contributed by atoms with Crippen LogP contribution in [0.1, 0.15) is 59.9 Å². The number of aliphatic imine (C=N–C) groups is 3. The Hall–Kier alpha value is -3.40. The summed E-state index contributed by atoms with van der Waals surface area (Å²) in [6, 6.07) is 5.26. The molecular weight excluding hydrogens is 494 g/mol. The Balaban J connectivity index is 1.86. The second-order valence-electron chi connectivity index (χ2n) is 11.1. The molecule has 10 heteroatoms. The van der Waals surface area contributed by atoms with Crippen LogP contribution in [0.15, 0.2) is 39.3 Å². The van der Waals surface area contributed by atoms with Crippen LogP contribution in [0.3, 0.4) is 0 Å². The zero-order chi connectivity index (χ0) is 28.6. The number of methoxy groups -OCH3 is 2. The molecule has 0 aromatic heterocycles. The number of fused-ring (bicyclic) bond motifs is 1. The van der Waals surface area contributed by atoms with Crippen molar-refractivity contribution >= 4 is 29.2 Å². The van der Waals surface area contributed by atoms with Crippen LogP contribution in [0.5, 0.6) is 11.5 Å². The second-order valence-corrected chi connectivity index (χ2v) is 11.1. The molecule has 2 heterocycles. The number of hydrogen-bond acceptors (Lipinski definition) is 8. The van der Waals surface area contributed by atoms with E-state index < -0.39 is 11.0 Å². The lowest BCUT2D eigenvalue weighted by Gasteiger charge is -2.33. The quantitative estimate of drug-likeness (QED) is 0.388. The van der Waals surface area contributed by atoms with Crippen molar-refractivity contribution in [3.05, 3.63) is 29.8 Å². The first-order valence-corrected chi connectivity index (χ1v) is 13.7. The maximum Gasteiger partial charge on any atom is 0.320 e. The summed E-state index contributed by atoms with van der Waals surface area (Å²) in [7, 11) is 3.22. The van der Waals surface area contributed by atoms with E-state index >= 15 is 0 Å². The van der Waals surface area contributed by atoms with Gasteiger partial charge in [0.15, 0.2) is 0 Å². The van der Waals surface area contributed by atoms with Crippen LogP contribution in [-0.2, 0) is 0 Å². The predicted octanol–water partition coefficient (Wildman–Crippen LogP) is 4.08. The molecule has 1 unspecified atom stereocenters. The number of amidine groups is 2. The van der Waals surface area contributed by atoms with E-state index in [1.165, 1.54) is 0 Å². The van der Waals surface area contributed by atoms with Crippen molar-refractivity contribution in [1.29, 1.82) is 0 Å². The molecule has 0 bridgehead atoms. The van der Waals surface area contributed by atoms with Crippen LogP contribution in [0.4, 0.5) is 4.79 Å². The fourth-order valence-electron chi connectivity index (χ4n) is 4.44. The maximum absolute atomic E-state index is 12.9. The zero-order valence-corrected chi connectivity index (χ0v) is 24.8. The van der Waals surface area contributed by atoms with Crippen LogP contribution in [0.2, 0.25) is 0 Å². The zero-order valence-electron chi connectivity index (χ0n) is 24.8. The fourth-order valence-corrected chi connectivity index (χ4v) is 4.44. The van der Waals surface area contributed by atoms with Crippen molar-refractivity contribution in [2.24, 2.45) is 20.4 Å². The van der Waals surface area contributed by atoms with E-state index in [-0.39, 0.29) is 6.03 Å². The molecule has 1 aromatic carbocycles. The Labute approximate surface area is 233 Å². The number of guanidine groups is 1. The molecule has 1 aromatic rings. The molecule has 2 aliphatic rings. The van der Waals surface area contributed by atoms with Gasteiger partial charge in [-0.15, -0.1) is 0 Å². The van der Waals surface area contributed by atoms with Crippen LogP contribution >= 0.6 is 0 Å². The molecule has 39 heavy (non-hydrogen) atoms. The number of hydrogen-bond donors (Lipinski definition) is 3. The summed E-state index contributed by atoms with van der Waals surface area (Å²) < 4.78 is 11.0. The van der Waals surface area contributed by atoms with E-state index in [2.05, 4.69) is 47.7 Å². The fraction of sp³-hybridized carbons (Fsp3) is 0.586. The van der Waals surface area contributed by atoms with Crippen molar-refractivity contribution < 1.29 is 14.3 Å². The largest absolute Gasteiger partial charge is 0.497 e. The molecule has 0 aliphatic carbocycles. The van der Waals surface area contributed by atoms with Gasteiger partial charge in [-0.05, 0) is 77.9 Å². The van der Waals surface area contributed by atoms with Crippen LogP contribution in [-0.4, -0.2) is 81.0 Å². The van der Waals surface area contributed by atoms with Gasteiger partial charge in [-0.2, -0.15) is 4.99 Å². The number of unbranched alkanes of at least 4 members (excludes halogenated alkanes) is 1. The summed E-state index contributed by atoms with van der Waals surface area (Å²) in [5.41, 5.74) is 0.614. The Morgan fingerprint density at radius 1 is 1.05 bits per heavy atom. The molecule has 214 valence electrons. The number of dihydropyridines is 1. The standard InChI is InChI=1S/C29H45N7O3/c1-9-36(10-2)14-12-11-13-30-26-31-19-29(6)18-23(20-15-21(38-7)17-22(16-20)39-8)24(32-25(29)34-26)33-27(37)35-28(3,4)5/h15-18H,9-14,19H2,1-8H3,(H3,30,31,32,33,34,35,37). The van der Waals surface area contributed by atoms with Crippen molar-refractivity contribution in [2.45, 2.75) is 59.9 Å². The Bertz CT molecular complexity index is 1120. The van der Waals surface area contributed by atoms with Crippen LogP contribution in [0, 0.1) is 5.41 Å². The normalized spacial score (nSPS) is 18.8. The van der Waals surface area contributed by atoms with E-state index in [0.717, 1.165) is 50.2 Å². The van der Waals surface area contributed by atoms with Gasteiger partial charge in [0.2, 0.25) is 5.96 Å². The molecular formula is C29H45N7O3. The average molecular weight is 540 g/mol. The lowest BCUT2D eigenvalue weighted by Crippen LogP contribution is -2.50. The first-order chi connectivity index (χ1) is 18.5. The van der Waals surface area contributed by atoms with Crippen LogP contribution in [0.25, 0.3) is 5.57 Å². The summed E-state index contributed by atoms with van der Waals surface area (Å²) >= 11 is 0. The van der Waals surface area contributed by atoms with E-state index in [4.69, 9.17) is 24.5 Å². The summed E-state index contributed by atoms with van der Waals surface area (Å²) in [6.07, 6.45) is 4.22. The SMILES string of the molecule is CCN(CC)CCCCNC1=NCC2(C)C=C(c3cc(OC)cc(OC)c3)C(NC(=O)NC(C)(C)C)=NC2=N1. The predicted molar refractivity (Wildman–Crippen MR) is 159 cm³/mol. The molecule has 0 radical (unpaired) electrons. The van der Waals surface area contributed by atoms with Gasteiger partial charge in [0, 0.05) is 23.7 Å². The minimum atomic E-state index is -0.536. The van der Waals surface area contributed by atoms with Gasteiger partial charge in [0.1, 0.15) is 23.2 Å². The van der Waals surface area contributed by atoms with Gasteiger partial charge in [-0.25, -0.2) is 14.8 Å². The van der Waals surface area contributed by atoms with E-state index in [1.54, 1.807) is 14.2 Å². The highest BCUT2D eigenvalue weighted by Gasteiger charge is 2.37. The topological polar surface area (TPSA) is 112 Å². The minimum Gasteiger partial charge on any atom is -0.497 e. The minimum absolute atomic E-state index is 0.345. The van der Waals surface area contributed by atoms with Crippen LogP contribution < -0.4 is 25.4 Å². The van der Waals surface area contributed by atoms with Gasteiger partial charge in [0.25, 0.3) is 0 Å². The van der Waals surface area contributed by atoms with Gasteiger partial charge in [-0.3, -0.25) is 5.32 Å². The van der Waals surface area contributed by atoms with Gasteiger partial charge < -0.3 is 25.0 Å². The average Bonchev–Trinajstić information content (AvgIpc) is 2.89. The van der Waals surface area contributed by atoms with Gasteiger partial charge >= 0.3 is 6.03 Å². The number of nitrogens with zero attached hydrogens (tertiary/aromatic N) is 4. The second kappa shape index (κ2) is 13.1. The van der Waals surface area contributed by atoms with E-state index in [0.29, 0.717) is 35.7 Å². The summed E-state index contributed by atoms with van der Waals surface area (Å²) in [4.78, 5) is 29.7. The monoisotopic (exact) mass is 539 g/mol. The van der Waals surface area contributed by atoms with Gasteiger partial charge in [-0.1, -0.05) is 19.9 Å². The highest BCUT2D eigenvalue weighted by Crippen LogP contribution is 2.36. The molecule has 0 fully saturated rings. The maximum atomic E-state index is 12.9. The van der Waals surface area contributed by atoms with Crippen molar-refractivity contribution in [3.63, 3.8) is 0 Å². The Morgan fingerprint density at radius 2 is 1.72 bits per heavy atom. The summed E-state index contributed by atoms with van der Waals surface area (Å²) in [6.45, 7) is 16.7. The lowest BCUT2D eigenvalue weighted by atomic mass is 9.82. The molecule has 3 rings (SSSR count). The molecule has 10 nitrogen and oxygen atoms in total. The number of ether oxygens (including phenoxy) is 2. The van der Waals surface area contributed by atoms with E-state index in [9.17, 15) is 4.79 Å². The van der Waals surface area contributed by atoms with Gasteiger partial charge in [0.05, 0.1) is 26.2 Å². The molecule has 0 spiro atoms. The lowest BCUT2D eigenvalue weighted by molar-refractivity contribution is 0.236. The first kappa shape index (κ1) is 30.1. The van der Waals surface area contributed by atoms with E-state index in [1.807, 2.05) is 39.0 Å². The summed E-state index contributed by atoms with van der Waals surface area (Å²) in [5.74, 6) is 2.87. The number of rotatable bonds is 10. The molecule has 2 aliphatic heterocycles. The highest BCUT2D eigenvalue weighted by atomic mass is 16.5. The molecule has 0 saturated carbocycles. The van der Waals surface area contributed by atoms with Crippen molar-refractivity contribution in [3.8, 4) is 11.5 Å². The molecule has 0 saturated heterocycles. The number of carbonyl (C=O) groups is 1. The molecule has 3 N–H and O–H groups in total. The third kappa shape index (κ3) is 8.29. The molecule has 1 atom stereocenters. The molecule has 2 amide bonds.